The summed E-state index contributed by atoms with van der Waals surface area (Å²) in [5, 5.41) is 2.90. The second-order valence-corrected chi connectivity index (χ2v) is 8.82. The molecule has 1 aromatic heterocycles. The molecule has 36 heavy (non-hydrogen) atoms. The van der Waals surface area contributed by atoms with Gasteiger partial charge in [-0.05, 0) is 54.2 Å². The Kier molecular flexibility index (Phi) is 7.70. The highest BCUT2D eigenvalue weighted by atomic mass is 16.5. The lowest BCUT2D eigenvalue weighted by atomic mass is 9.98. The van der Waals surface area contributed by atoms with Gasteiger partial charge < -0.3 is 15.8 Å². The van der Waals surface area contributed by atoms with Crippen LogP contribution in [0.1, 0.15) is 61.1 Å². The van der Waals surface area contributed by atoms with Crippen molar-refractivity contribution in [3.63, 3.8) is 0 Å². The van der Waals surface area contributed by atoms with E-state index in [-0.39, 0.29) is 30.7 Å². The SMILES string of the molecule is COc1cccc(CNC(=O)c2ncncc2CN(CC(N)=O)C2CCc3c2ccc(C=O)c3C)c1. The number of rotatable bonds is 10. The van der Waals surface area contributed by atoms with E-state index in [0.717, 1.165) is 41.4 Å². The van der Waals surface area contributed by atoms with Crippen molar-refractivity contribution in [1.29, 1.82) is 0 Å². The van der Waals surface area contributed by atoms with E-state index in [4.69, 9.17) is 10.5 Å². The summed E-state index contributed by atoms with van der Waals surface area (Å²) < 4.78 is 5.24. The van der Waals surface area contributed by atoms with Gasteiger partial charge in [-0.3, -0.25) is 19.3 Å². The lowest BCUT2D eigenvalue weighted by molar-refractivity contribution is -0.119. The summed E-state index contributed by atoms with van der Waals surface area (Å²) >= 11 is 0. The molecule has 0 saturated heterocycles. The molecule has 0 radical (unpaired) electrons. The van der Waals surface area contributed by atoms with Crippen molar-refractivity contribution in [2.45, 2.75) is 38.9 Å². The molecule has 9 heteroatoms. The van der Waals surface area contributed by atoms with Gasteiger partial charge in [-0.1, -0.05) is 24.3 Å². The van der Waals surface area contributed by atoms with Gasteiger partial charge in [0, 0.05) is 36.5 Å². The molecule has 9 nitrogen and oxygen atoms in total. The molecule has 1 aliphatic carbocycles. The summed E-state index contributed by atoms with van der Waals surface area (Å²) in [7, 11) is 1.59. The number of methoxy groups -OCH3 is 1. The Morgan fingerprint density at radius 2 is 2.11 bits per heavy atom. The number of aldehydes is 1. The quantitative estimate of drug-likeness (QED) is 0.421. The van der Waals surface area contributed by atoms with E-state index < -0.39 is 5.91 Å². The van der Waals surface area contributed by atoms with E-state index in [0.29, 0.717) is 23.4 Å². The average Bonchev–Trinajstić information content (AvgIpc) is 3.32. The number of fused-ring (bicyclic) bond motifs is 1. The number of primary amides is 1. The number of carbonyl (C=O) groups is 3. The van der Waals surface area contributed by atoms with Crippen LogP contribution in [-0.4, -0.2) is 46.6 Å². The molecule has 0 bridgehead atoms. The number of nitrogens with zero attached hydrogens (tertiary/aromatic N) is 3. The van der Waals surface area contributed by atoms with E-state index in [2.05, 4.69) is 15.3 Å². The number of ether oxygens (including phenoxy) is 1. The normalized spacial score (nSPS) is 14.4. The lowest BCUT2D eigenvalue weighted by Crippen LogP contribution is -2.36. The molecular formula is C27H29N5O4. The third kappa shape index (κ3) is 5.41. The molecule has 2 amide bonds. The van der Waals surface area contributed by atoms with Crippen LogP contribution in [-0.2, 0) is 24.3 Å². The highest BCUT2D eigenvalue weighted by Gasteiger charge is 2.31. The van der Waals surface area contributed by atoms with Crippen molar-refractivity contribution in [3.05, 3.63) is 88.0 Å². The molecule has 4 rings (SSSR count). The molecule has 2 aromatic carbocycles. The van der Waals surface area contributed by atoms with E-state index >= 15 is 0 Å². The molecule has 1 atom stereocenters. The largest absolute Gasteiger partial charge is 0.497 e. The van der Waals surface area contributed by atoms with Crippen molar-refractivity contribution in [2.75, 3.05) is 13.7 Å². The van der Waals surface area contributed by atoms with Crippen LogP contribution in [0.15, 0.2) is 48.9 Å². The fraction of sp³-hybridized carbons (Fsp3) is 0.296. The lowest BCUT2D eigenvalue weighted by Gasteiger charge is -2.29. The molecule has 1 unspecified atom stereocenters. The molecule has 1 aliphatic rings. The van der Waals surface area contributed by atoms with Gasteiger partial charge in [0.1, 0.15) is 24.1 Å². The van der Waals surface area contributed by atoms with E-state index in [1.54, 1.807) is 13.3 Å². The number of aromatic nitrogens is 2. The Balaban J connectivity index is 1.56. The summed E-state index contributed by atoms with van der Waals surface area (Å²) in [6, 6.07) is 11.1. The van der Waals surface area contributed by atoms with Gasteiger partial charge in [-0.25, -0.2) is 9.97 Å². The summed E-state index contributed by atoms with van der Waals surface area (Å²) in [6.07, 6.45) is 5.36. The predicted molar refractivity (Wildman–Crippen MR) is 133 cm³/mol. The monoisotopic (exact) mass is 487 g/mol. The van der Waals surface area contributed by atoms with E-state index in [1.807, 2.05) is 48.2 Å². The first kappa shape index (κ1) is 25.0. The van der Waals surface area contributed by atoms with Crippen LogP contribution in [0.25, 0.3) is 0 Å². The van der Waals surface area contributed by atoms with Gasteiger partial charge in [-0.2, -0.15) is 0 Å². The highest BCUT2D eigenvalue weighted by Crippen LogP contribution is 2.38. The van der Waals surface area contributed by atoms with E-state index in [9.17, 15) is 14.4 Å². The van der Waals surface area contributed by atoms with Crippen molar-refractivity contribution in [3.8, 4) is 5.75 Å². The molecule has 3 N–H and O–H groups in total. The Labute approximate surface area is 209 Å². The van der Waals surface area contributed by atoms with Crippen LogP contribution in [0.3, 0.4) is 0 Å². The van der Waals surface area contributed by atoms with Crippen LogP contribution in [0.5, 0.6) is 5.75 Å². The highest BCUT2D eigenvalue weighted by molar-refractivity contribution is 5.93. The van der Waals surface area contributed by atoms with Crippen LogP contribution < -0.4 is 15.8 Å². The first-order valence-electron chi connectivity index (χ1n) is 11.7. The van der Waals surface area contributed by atoms with Crippen molar-refractivity contribution >= 4 is 18.1 Å². The molecule has 0 aliphatic heterocycles. The Morgan fingerprint density at radius 1 is 1.28 bits per heavy atom. The predicted octanol–water partition coefficient (Wildman–Crippen LogP) is 2.51. The van der Waals surface area contributed by atoms with Gasteiger partial charge in [0.05, 0.1) is 13.7 Å². The number of carbonyl (C=O) groups excluding carboxylic acids is 3. The minimum absolute atomic E-state index is 0.0123. The van der Waals surface area contributed by atoms with E-state index in [1.165, 1.54) is 6.33 Å². The first-order chi connectivity index (χ1) is 17.4. The van der Waals surface area contributed by atoms with Crippen LogP contribution in [0.2, 0.25) is 0 Å². The van der Waals surface area contributed by atoms with Gasteiger partial charge in [0.2, 0.25) is 5.91 Å². The second kappa shape index (κ2) is 11.1. The third-order valence-corrected chi connectivity index (χ3v) is 6.59. The van der Waals surface area contributed by atoms with Gasteiger partial charge >= 0.3 is 0 Å². The molecule has 0 spiro atoms. The first-order valence-corrected chi connectivity index (χ1v) is 11.7. The van der Waals surface area contributed by atoms with Crippen molar-refractivity contribution < 1.29 is 19.1 Å². The number of hydrogen-bond donors (Lipinski definition) is 2. The Hall–Kier alpha value is -4.11. The molecule has 1 heterocycles. The van der Waals surface area contributed by atoms with Gasteiger partial charge in [0.25, 0.3) is 5.91 Å². The zero-order chi connectivity index (χ0) is 25.7. The zero-order valence-electron chi connectivity index (χ0n) is 20.4. The third-order valence-electron chi connectivity index (χ3n) is 6.59. The van der Waals surface area contributed by atoms with Gasteiger partial charge in [-0.15, -0.1) is 0 Å². The zero-order valence-corrected chi connectivity index (χ0v) is 20.4. The fourth-order valence-electron chi connectivity index (χ4n) is 4.81. The number of nitrogens with one attached hydrogen (secondary N) is 1. The Morgan fingerprint density at radius 3 is 2.86 bits per heavy atom. The summed E-state index contributed by atoms with van der Waals surface area (Å²) in [4.78, 5) is 46.7. The maximum Gasteiger partial charge on any atom is 0.270 e. The molecule has 0 fully saturated rings. The van der Waals surface area contributed by atoms with Crippen molar-refractivity contribution in [1.82, 2.24) is 20.2 Å². The fourth-order valence-corrected chi connectivity index (χ4v) is 4.81. The average molecular weight is 488 g/mol. The maximum atomic E-state index is 13.1. The number of hydrogen-bond acceptors (Lipinski definition) is 7. The molecule has 186 valence electrons. The van der Waals surface area contributed by atoms with Crippen molar-refractivity contribution in [2.24, 2.45) is 5.73 Å². The topological polar surface area (TPSA) is 128 Å². The number of nitrogens with two attached hydrogens (primary N) is 1. The minimum Gasteiger partial charge on any atom is -0.497 e. The Bertz CT molecular complexity index is 1290. The maximum absolute atomic E-state index is 13.1. The number of benzene rings is 2. The molecule has 3 aromatic rings. The number of amides is 2. The van der Waals surface area contributed by atoms with Crippen LogP contribution >= 0.6 is 0 Å². The van der Waals surface area contributed by atoms with Gasteiger partial charge in [0.15, 0.2) is 0 Å². The molecular weight excluding hydrogens is 458 g/mol. The standard InChI is InChI=1S/C27H29N5O4/c1-17-19(15-33)6-7-23-22(17)8-9-24(23)32(14-25(28)34)13-20-12-29-16-31-26(20)27(35)30-11-18-4-3-5-21(10-18)36-2/h3-7,10,12,15-16,24H,8-9,11,13-14H2,1-2H3,(H2,28,34)(H,30,35). The van der Waals surface area contributed by atoms with Crippen LogP contribution in [0.4, 0.5) is 0 Å². The summed E-state index contributed by atoms with van der Waals surface area (Å²) in [5.41, 5.74) is 11.1. The van der Waals surface area contributed by atoms with Crippen LogP contribution in [0, 0.1) is 6.92 Å². The minimum atomic E-state index is -0.467. The molecule has 0 saturated carbocycles. The summed E-state index contributed by atoms with van der Waals surface area (Å²) in [5.74, 6) is -0.1000. The smallest absolute Gasteiger partial charge is 0.270 e. The summed E-state index contributed by atoms with van der Waals surface area (Å²) in [6.45, 7) is 2.53. The second-order valence-electron chi connectivity index (χ2n) is 8.82.